The van der Waals surface area contributed by atoms with Crippen LogP contribution in [-0.2, 0) is 0 Å². The standard InChI is InChI=1S/C24H21N5O/c1-15-13-22(25-20-12-8-7-11-19(15)20)29-21(14-16(2)26-29)23-17(3)27-28(24(23)30)18-9-5-4-6-10-18/h4-14,27H,1-3H3. The third-order valence-corrected chi connectivity index (χ3v) is 5.30. The summed E-state index contributed by atoms with van der Waals surface area (Å²) in [6.07, 6.45) is 0. The fraction of sp³-hybridized carbons (Fsp3) is 0.125. The Hall–Kier alpha value is -3.93. The molecule has 0 amide bonds. The third kappa shape index (κ3) is 2.85. The summed E-state index contributed by atoms with van der Waals surface area (Å²) < 4.78 is 3.33. The summed E-state index contributed by atoms with van der Waals surface area (Å²) in [6.45, 7) is 5.89. The molecular weight excluding hydrogens is 374 g/mol. The highest BCUT2D eigenvalue weighted by atomic mass is 16.1. The lowest BCUT2D eigenvalue weighted by Crippen LogP contribution is -2.16. The SMILES string of the molecule is Cc1cc(-c2c(C)[nH]n(-c3ccccc3)c2=O)n(-c2cc(C)c3ccccc3n2)n1. The van der Waals surface area contributed by atoms with Crippen LogP contribution in [0.15, 0.2) is 71.5 Å². The molecule has 0 bridgehead atoms. The molecule has 0 atom stereocenters. The number of pyridine rings is 1. The monoisotopic (exact) mass is 395 g/mol. The molecule has 0 unspecified atom stereocenters. The maximum atomic E-state index is 13.3. The number of aromatic nitrogens is 5. The number of H-pyrrole nitrogens is 1. The fourth-order valence-electron chi connectivity index (χ4n) is 3.90. The Morgan fingerprint density at radius 2 is 1.63 bits per heavy atom. The first-order valence-corrected chi connectivity index (χ1v) is 9.84. The normalized spacial score (nSPS) is 11.3. The van der Waals surface area contributed by atoms with Gasteiger partial charge in [-0.25, -0.2) is 14.3 Å². The van der Waals surface area contributed by atoms with E-state index >= 15 is 0 Å². The second-order valence-electron chi connectivity index (χ2n) is 7.49. The van der Waals surface area contributed by atoms with Crippen molar-refractivity contribution in [3.8, 4) is 22.8 Å². The van der Waals surface area contributed by atoms with Gasteiger partial charge in [-0.3, -0.25) is 9.89 Å². The van der Waals surface area contributed by atoms with Gasteiger partial charge in [-0.15, -0.1) is 0 Å². The summed E-state index contributed by atoms with van der Waals surface area (Å²) in [7, 11) is 0. The van der Waals surface area contributed by atoms with Crippen molar-refractivity contribution in [2.45, 2.75) is 20.8 Å². The molecule has 5 rings (SSSR count). The van der Waals surface area contributed by atoms with Crippen LogP contribution in [0, 0.1) is 20.8 Å². The maximum absolute atomic E-state index is 13.3. The van der Waals surface area contributed by atoms with E-state index in [-0.39, 0.29) is 5.56 Å². The molecule has 0 spiro atoms. The van der Waals surface area contributed by atoms with Crippen LogP contribution in [0.3, 0.4) is 0 Å². The number of nitrogens with one attached hydrogen (secondary N) is 1. The van der Waals surface area contributed by atoms with E-state index in [9.17, 15) is 4.79 Å². The number of para-hydroxylation sites is 2. The number of hydrogen-bond donors (Lipinski definition) is 1. The molecule has 0 saturated heterocycles. The van der Waals surface area contributed by atoms with Gasteiger partial charge in [0.25, 0.3) is 5.56 Å². The minimum absolute atomic E-state index is 0.114. The largest absolute Gasteiger partial charge is 0.295 e. The van der Waals surface area contributed by atoms with Crippen molar-refractivity contribution < 1.29 is 0 Å². The molecule has 0 fully saturated rings. The molecule has 0 aliphatic carbocycles. The average Bonchev–Trinajstić information content (AvgIpc) is 3.27. The molecule has 0 aliphatic rings. The molecule has 2 aromatic carbocycles. The summed E-state index contributed by atoms with van der Waals surface area (Å²) in [5.74, 6) is 0.695. The molecular formula is C24H21N5O. The maximum Gasteiger partial charge on any atom is 0.280 e. The van der Waals surface area contributed by atoms with E-state index in [0.29, 0.717) is 11.4 Å². The molecule has 30 heavy (non-hydrogen) atoms. The van der Waals surface area contributed by atoms with Gasteiger partial charge in [0.1, 0.15) is 0 Å². The van der Waals surface area contributed by atoms with Crippen molar-refractivity contribution >= 4 is 10.9 Å². The van der Waals surface area contributed by atoms with Gasteiger partial charge >= 0.3 is 0 Å². The summed E-state index contributed by atoms with van der Waals surface area (Å²) in [5.41, 5.74) is 5.61. The van der Waals surface area contributed by atoms with E-state index in [4.69, 9.17) is 4.98 Å². The van der Waals surface area contributed by atoms with Gasteiger partial charge in [0.05, 0.1) is 28.2 Å². The Morgan fingerprint density at radius 3 is 2.43 bits per heavy atom. The summed E-state index contributed by atoms with van der Waals surface area (Å²) in [4.78, 5) is 18.1. The number of fused-ring (bicyclic) bond motifs is 1. The van der Waals surface area contributed by atoms with Gasteiger partial charge in [-0.05, 0) is 56.7 Å². The molecule has 0 aliphatic heterocycles. The minimum atomic E-state index is -0.114. The van der Waals surface area contributed by atoms with Crippen molar-refractivity contribution in [3.63, 3.8) is 0 Å². The van der Waals surface area contributed by atoms with Crippen molar-refractivity contribution in [1.82, 2.24) is 24.5 Å². The molecule has 3 aromatic heterocycles. The van der Waals surface area contributed by atoms with Gasteiger partial charge in [0, 0.05) is 11.1 Å². The average molecular weight is 395 g/mol. The Labute approximate surface area is 173 Å². The first-order chi connectivity index (χ1) is 14.5. The van der Waals surface area contributed by atoms with Gasteiger partial charge in [-0.1, -0.05) is 36.4 Å². The number of benzene rings is 2. The number of nitrogens with zero attached hydrogens (tertiary/aromatic N) is 4. The first kappa shape index (κ1) is 18.1. The highest BCUT2D eigenvalue weighted by Crippen LogP contribution is 2.26. The summed E-state index contributed by atoms with van der Waals surface area (Å²) in [5, 5.41) is 8.97. The third-order valence-electron chi connectivity index (χ3n) is 5.30. The van der Waals surface area contributed by atoms with E-state index in [1.807, 2.05) is 74.5 Å². The smallest absolute Gasteiger partial charge is 0.280 e. The quantitative estimate of drug-likeness (QED) is 0.489. The van der Waals surface area contributed by atoms with E-state index in [1.54, 1.807) is 9.36 Å². The lowest BCUT2D eigenvalue weighted by Gasteiger charge is -2.09. The van der Waals surface area contributed by atoms with E-state index in [1.165, 1.54) is 0 Å². The molecule has 0 saturated carbocycles. The topological polar surface area (TPSA) is 68.5 Å². The number of aromatic amines is 1. The van der Waals surface area contributed by atoms with Crippen LogP contribution in [-0.4, -0.2) is 24.5 Å². The van der Waals surface area contributed by atoms with Crippen LogP contribution >= 0.6 is 0 Å². The lowest BCUT2D eigenvalue weighted by atomic mass is 10.1. The van der Waals surface area contributed by atoms with E-state index in [2.05, 4.69) is 23.2 Å². The van der Waals surface area contributed by atoms with Crippen molar-refractivity contribution in [1.29, 1.82) is 0 Å². The zero-order valence-electron chi connectivity index (χ0n) is 17.0. The molecule has 148 valence electrons. The van der Waals surface area contributed by atoms with Crippen LogP contribution in [0.4, 0.5) is 0 Å². The second-order valence-corrected chi connectivity index (χ2v) is 7.49. The molecule has 3 heterocycles. The number of rotatable bonds is 3. The predicted octanol–water partition coefficient (Wildman–Crippen LogP) is 4.49. The number of aryl methyl sites for hydroxylation is 3. The molecule has 6 nitrogen and oxygen atoms in total. The molecule has 6 heteroatoms. The Balaban J connectivity index is 1.73. The first-order valence-electron chi connectivity index (χ1n) is 9.84. The van der Waals surface area contributed by atoms with Crippen LogP contribution in [0.1, 0.15) is 17.0 Å². The van der Waals surface area contributed by atoms with Crippen LogP contribution in [0.2, 0.25) is 0 Å². The van der Waals surface area contributed by atoms with Gasteiger partial charge in [0.2, 0.25) is 0 Å². The van der Waals surface area contributed by atoms with Gasteiger partial charge < -0.3 is 0 Å². The Morgan fingerprint density at radius 1 is 0.900 bits per heavy atom. The lowest BCUT2D eigenvalue weighted by molar-refractivity contribution is 0.833. The summed E-state index contributed by atoms with van der Waals surface area (Å²) >= 11 is 0. The van der Waals surface area contributed by atoms with E-state index < -0.39 is 0 Å². The minimum Gasteiger partial charge on any atom is -0.295 e. The zero-order valence-corrected chi connectivity index (χ0v) is 17.0. The van der Waals surface area contributed by atoms with Crippen LogP contribution < -0.4 is 5.56 Å². The molecule has 5 aromatic rings. The van der Waals surface area contributed by atoms with Gasteiger partial charge in [0.15, 0.2) is 5.82 Å². The molecule has 0 radical (unpaired) electrons. The zero-order chi connectivity index (χ0) is 20.8. The number of hydrogen-bond acceptors (Lipinski definition) is 3. The highest BCUT2D eigenvalue weighted by molar-refractivity contribution is 5.83. The Kier molecular flexibility index (Phi) is 4.13. The Bertz CT molecular complexity index is 1440. The van der Waals surface area contributed by atoms with Gasteiger partial charge in [-0.2, -0.15) is 5.10 Å². The predicted molar refractivity (Wildman–Crippen MR) is 118 cm³/mol. The fourth-order valence-corrected chi connectivity index (χ4v) is 3.90. The molecule has 1 N–H and O–H groups in total. The highest BCUT2D eigenvalue weighted by Gasteiger charge is 2.20. The summed E-state index contributed by atoms with van der Waals surface area (Å²) in [6, 6.07) is 21.5. The van der Waals surface area contributed by atoms with Crippen LogP contribution in [0.25, 0.3) is 33.7 Å². The second kappa shape index (κ2) is 6.84. The van der Waals surface area contributed by atoms with Crippen molar-refractivity contribution in [2.24, 2.45) is 0 Å². The van der Waals surface area contributed by atoms with Crippen LogP contribution in [0.5, 0.6) is 0 Å². The van der Waals surface area contributed by atoms with Crippen molar-refractivity contribution in [3.05, 3.63) is 94.0 Å². The van der Waals surface area contributed by atoms with E-state index in [0.717, 1.165) is 39.2 Å². The van der Waals surface area contributed by atoms with Crippen molar-refractivity contribution in [2.75, 3.05) is 0 Å².